The van der Waals surface area contributed by atoms with Gasteiger partial charge in [0.2, 0.25) is 0 Å². The van der Waals surface area contributed by atoms with Gasteiger partial charge in [-0.15, -0.1) is 12.3 Å². The van der Waals surface area contributed by atoms with Gasteiger partial charge in [-0.2, -0.15) is 0 Å². The minimum Gasteiger partial charge on any atom is -0.496 e. The molecule has 0 fully saturated rings. The van der Waals surface area contributed by atoms with Crippen LogP contribution in [0.15, 0.2) is 176 Å². The van der Waals surface area contributed by atoms with Gasteiger partial charge in [-0.3, -0.25) is 48.3 Å². The van der Waals surface area contributed by atoms with Gasteiger partial charge in [-0.25, -0.2) is 43.9 Å². The second-order valence-corrected chi connectivity index (χ2v) is 26.3. The van der Waals surface area contributed by atoms with E-state index >= 15 is 0 Å². The van der Waals surface area contributed by atoms with Crippen LogP contribution in [0.2, 0.25) is 0 Å². The maximum Gasteiger partial charge on any atom is 0.326 e. The number of nitrogens with zero attached hydrogens (tertiary/aromatic N) is 3. The molecular formula is C81H71F10N3O11. The summed E-state index contributed by atoms with van der Waals surface area (Å²) in [5.41, 5.74) is -0.805. The van der Waals surface area contributed by atoms with Crippen LogP contribution < -0.4 is 19.4 Å². The lowest BCUT2D eigenvalue weighted by Gasteiger charge is -2.26. The highest BCUT2D eigenvalue weighted by atomic mass is 19.2. The number of esters is 3. The topological polar surface area (TPSA) is 166 Å². The molecule has 9 rings (SSSR count). The first-order valence-electron chi connectivity index (χ1n) is 32.1. The molecule has 546 valence electrons. The number of ketones is 1. The molecule has 14 nitrogen and oxygen atoms in total. The summed E-state index contributed by atoms with van der Waals surface area (Å²) in [6.07, 6.45) is 5.87. The summed E-state index contributed by atoms with van der Waals surface area (Å²) in [7, 11) is 1.36. The Labute approximate surface area is 599 Å². The maximum absolute atomic E-state index is 14.4. The van der Waals surface area contributed by atoms with Crippen molar-refractivity contribution >= 4 is 58.5 Å². The van der Waals surface area contributed by atoms with Crippen molar-refractivity contribution in [3.8, 4) is 51.5 Å². The summed E-state index contributed by atoms with van der Waals surface area (Å²) in [4.78, 5) is 91.6. The number of methoxy groups -OCH3 is 1. The molecule has 0 heterocycles. The van der Waals surface area contributed by atoms with Gasteiger partial charge in [-0.05, 0) is 175 Å². The van der Waals surface area contributed by atoms with Gasteiger partial charge in [0.25, 0.3) is 17.7 Å². The summed E-state index contributed by atoms with van der Waals surface area (Å²) >= 11 is 0. The summed E-state index contributed by atoms with van der Waals surface area (Å²) in [5, 5.41) is 0. The summed E-state index contributed by atoms with van der Waals surface area (Å²) in [6.45, 7) is 14.1. The Bertz CT molecular complexity index is 4740. The van der Waals surface area contributed by atoms with Crippen LogP contribution in [0.1, 0.15) is 116 Å². The fourth-order valence-electron chi connectivity index (χ4n) is 10.3. The van der Waals surface area contributed by atoms with E-state index < -0.39 is 153 Å². The van der Waals surface area contributed by atoms with Crippen LogP contribution in [0.25, 0.3) is 33.4 Å². The molecule has 0 bridgehead atoms. The van der Waals surface area contributed by atoms with Crippen LogP contribution >= 0.6 is 0 Å². The maximum atomic E-state index is 14.4. The Morgan fingerprint density at radius 3 is 1.10 bits per heavy atom. The number of terminal acetylenes is 1. The zero-order chi connectivity index (χ0) is 77.6. The standard InChI is InChI=1S/C28H25F2NO3.C27H23F4NO4.C26H23F4NO4/c1-5-8-19-13-15-20(16-14-19)21-9-6-10-22(17-21)31(18-25(32)34-28(2,3)4)27(33)26-23(29)11-7-12-24(26)30;1-15(33)20-9-8-17(11-21(20)29)16-6-5-7-19(10-16)32(14-24(34)36-27(2,3)4)26(35)25-22(30)12-18(28)13-23(25)31;1-26(2,3)35-23(32)14-31(25(33)24-20(29)11-17(28)12-21(24)30)18-7-5-6-15(10-18)19-9-8-16(27)13-22(19)34-4/h1,6-7,9-17H,8,18H2,2-4H3;5-13H,14H2,1-4H3;5-13H,14H2,1-4H3. The number of amides is 3. The van der Waals surface area contributed by atoms with Gasteiger partial charge in [0.1, 0.15) is 117 Å². The number of ether oxygens (including phenoxy) is 4. The Morgan fingerprint density at radius 1 is 0.381 bits per heavy atom. The van der Waals surface area contributed by atoms with Gasteiger partial charge in [0, 0.05) is 59.4 Å². The minimum atomic E-state index is -1.44. The predicted molar refractivity (Wildman–Crippen MR) is 376 cm³/mol. The molecule has 0 radical (unpaired) electrons. The van der Waals surface area contributed by atoms with Crippen molar-refractivity contribution in [1.29, 1.82) is 0 Å². The van der Waals surface area contributed by atoms with Crippen LogP contribution in [-0.4, -0.2) is 85.0 Å². The molecule has 0 aromatic heterocycles. The van der Waals surface area contributed by atoms with Gasteiger partial charge < -0.3 is 18.9 Å². The van der Waals surface area contributed by atoms with E-state index in [0.717, 1.165) is 49.6 Å². The van der Waals surface area contributed by atoms with Gasteiger partial charge in [0.05, 0.1) is 12.7 Å². The monoisotopic (exact) mass is 1450 g/mol. The van der Waals surface area contributed by atoms with Crippen molar-refractivity contribution in [3.05, 3.63) is 262 Å². The molecular weight excluding hydrogens is 1380 g/mol. The van der Waals surface area contributed by atoms with Crippen molar-refractivity contribution in [2.75, 3.05) is 41.4 Å². The number of anilines is 3. The zero-order valence-corrected chi connectivity index (χ0v) is 58.8. The number of benzene rings is 9. The third-order valence-electron chi connectivity index (χ3n) is 14.7. The highest BCUT2D eigenvalue weighted by Crippen LogP contribution is 2.36. The van der Waals surface area contributed by atoms with Crippen LogP contribution in [0.3, 0.4) is 0 Å². The van der Waals surface area contributed by atoms with Crippen molar-refractivity contribution in [3.63, 3.8) is 0 Å². The smallest absolute Gasteiger partial charge is 0.326 e. The van der Waals surface area contributed by atoms with Crippen molar-refractivity contribution in [1.82, 2.24) is 0 Å². The first-order valence-corrected chi connectivity index (χ1v) is 32.1. The van der Waals surface area contributed by atoms with E-state index in [1.165, 1.54) is 80.8 Å². The Hall–Kier alpha value is -11.9. The normalized spacial score (nSPS) is 11.1. The van der Waals surface area contributed by atoms with Crippen molar-refractivity contribution in [2.45, 2.75) is 92.5 Å². The molecule has 0 saturated carbocycles. The van der Waals surface area contributed by atoms with Gasteiger partial charge in [0.15, 0.2) is 5.78 Å². The molecule has 0 aliphatic heterocycles. The second kappa shape index (κ2) is 34.4. The van der Waals surface area contributed by atoms with Crippen molar-refractivity contribution in [2.24, 2.45) is 0 Å². The third kappa shape index (κ3) is 22.1. The molecule has 24 heteroatoms. The van der Waals surface area contributed by atoms with Crippen LogP contribution in [0.4, 0.5) is 61.0 Å². The number of hydrogen-bond donors (Lipinski definition) is 0. The molecule has 0 atom stereocenters. The quantitative estimate of drug-likeness (QED) is 0.0264. The number of rotatable bonds is 18. The van der Waals surface area contributed by atoms with E-state index in [2.05, 4.69) is 5.92 Å². The first kappa shape index (κ1) is 80.4. The fourth-order valence-corrected chi connectivity index (χ4v) is 10.3. The molecule has 0 saturated heterocycles. The summed E-state index contributed by atoms with van der Waals surface area (Å²) < 4.78 is 163. The number of hydrogen-bond acceptors (Lipinski definition) is 11. The first-order chi connectivity index (χ1) is 49.2. The highest BCUT2D eigenvalue weighted by molar-refractivity contribution is 6.11. The van der Waals surface area contributed by atoms with Crippen molar-refractivity contribution < 1.29 is 96.4 Å². The lowest BCUT2D eigenvalue weighted by Crippen LogP contribution is -2.39. The molecule has 0 aliphatic carbocycles. The molecule has 0 N–H and O–H groups in total. The number of Topliss-reactive ketones (excluding diaryl/α,β-unsaturated/α-hetero) is 1. The van der Waals surface area contributed by atoms with Crippen LogP contribution in [0, 0.1) is 70.5 Å². The minimum absolute atomic E-state index is 0.0440. The Balaban J connectivity index is 0.000000220. The van der Waals surface area contributed by atoms with E-state index in [1.807, 2.05) is 30.3 Å². The largest absolute Gasteiger partial charge is 0.496 e. The van der Waals surface area contributed by atoms with E-state index in [-0.39, 0.29) is 22.7 Å². The van der Waals surface area contributed by atoms with Crippen LogP contribution in [-0.2, 0) is 35.0 Å². The van der Waals surface area contributed by atoms with Crippen LogP contribution in [0.5, 0.6) is 5.75 Å². The second-order valence-electron chi connectivity index (χ2n) is 26.3. The van der Waals surface area contributed by atoms with Gasteiger partial charge >= 0.3 is 17.9 Å². The third-order valence-corrected chi connectivity index (χ3v) is 14.7. The molecule has 9 aromatic carbocycles. The van der Waals surface area contributed by atoms with E-state index in [4.69, 9.17) is 25.4 Å². The average molecular weight is 1450 g/mol. The SMILES string of the molecule is C#CCc1ccc(-c2cccc(N(CC(=O)OC(C)(C)C)C(=O)c3c(F)cccc3F)c2)cc1.CC(=O)c1ccc(-c2cccc(N(CC(=O)OC(C)(C)C)C(=O)c3c(F)cc(F)cc3F)c2)cc1F.COc1cc(F)ccc1-c1cccc(N(CC(=O)OC(C)(C)C)C(=O)c2c(F)cc(F)cc2F)c1. The number of halogens is 10. The lowest BCUT2D eigenvalue weighted by atomic mass is 10.0. The highest BCUT2D eigenvalue weighted by Gasteiger charge is 2.33. The molecule has 0 aliphatic rings. The molecule has 3 amide bonds. The molecule has 0 spiro atoms. The number of carbonyl (C=O) groups excluding carboxylic acids is 7. The average Bonchev–Trinajstić information content (AvgIpc) is 0.803. The summed E-state index contributed by atoms with van der Waals surface area (Å²) in [6, 6.07) is 38.8. The lowest BCUT2D eigenvalue weighted by molar-refractivity contribution is -0.154. The molecule has 105 heavy (non-hydrogen) atoms. The van der Waals surface area contributed by atoms with E-state index in [0.29, 0.717) is 58.6 Å². The summed E-state index contributed by atoms with van der Waals surface area (Å²) in [5.74, 6) is -14.9. The van der Waals surface area contributed by atoms with E-state index in [9.17, 15) is 77.5 Å². The Morgan fingerprint density at radius 2 is 0.733 bits per heavy atom. The van der Waals surface area contributed by atoms with E-state index in [1.54, 1.807) is 98.7 Å². The zero-order valence-electron chi connectivity index (χ0n) is 58.8. The molecule has 0 unspecified atom stereocenters. The molecule has 9 aromatic rings. The Kier molecular flexibility index (Phi) is 26.4. The van der Waals surface area contributed by atoms with Gasteiger partial charge in [-0.1, -0.05) is 72.8 Å². The number of carbonyl (C=O) groups is 7. The fraction of sp³-hybridized carbons (Fsp3) is 0.222. The predicted octanol–water partition coefficient (Wildman–Crippen LogP) is 17.8.